The van der Waals surface area contributed by atoms with Crippen molar-refractivity contribution in [2.24, 2.45) is 16.2 Å². The maximum Gasteiger partial charge on any atom is 0.315 e. The molecule has 1 heterocycles. The topological polar surface area (TPSA) is 131 Å². The van der Waals surface area contributed by atoms with Crippen LogP contribution in [0.1, 0.15) is 132 Å². The first-order chi connectivity index (χ1) is 20.9. The fourth-order valence-corrected chi connectivity index (χ4v) is 6.71. The van der Waals surface area contributed by atoms with Gasteiger partial charge in [-0.25, -0.2) is 4.79 Å². The number of aliphatic hydroxyl groups excluding tert-OH is 1. The molecule has 0 aromatic carbocycles. The molecule has 10 nitrogen and oxygen atoms in total. The quantitative estimate of drug-likeness (QED) is 0.188. The fourth-order valence-electron chi connectivity index (χ4n) is 6.71. The van der Waals surface area contributed by atoms with Crippen molar-refractivity contribution in [2.75, 3.05) is 26.7 Å². The largest absolute Gasteiger partial charge is 0.378 e. The Morgan fingerprint density at radius 2 is 1.62 bits per heavy atom. The third-order valence-electron chi connectivity index (χ3n) is 10.1. The van der Waals surface area contributed by atoms with Gasteiger partial charge in [0.2, 0.25) is 11.8 Å². The van der Waals surface area contributed by atoms with E-state index in [4.69, 9.17) is 0 Å². The summed E-state index contributed by atoms with van der Waals surface area (Å²) in [5.74, 6) is -0.284. The second-order valence-electron chi connectivity index (χ2n) is 16.0. The van der Waals surface area contributed by atoms with E-state index < -0.39 is 18.3 Å². The van der Waals surface area contributed by atoms with Crippen LogP contribution in [0, 0.1) is 16.2 Å². The molecule has 1 saturated carbocycles. The number of unbranched alkanes of at least 4 members (excludes halogenated alkanes) is 1. The number of urea groups is 1. The van der Waals surface area contributed by atoms with Crippen LogP contribution in [0.15, 0.2) is 0 Å². The Balaban J connectivity index is 2.04. The molecule has 0 aromatic heterocycles. The molecule has 10 heteroatoms. The van der Waals surface area contributed by atoms with Crippen LogP contribution in [0.2, 0.25) is 0 Å². The molecule has 4 amide bonds. The number of amides is 4. The minimum Gasteiger partial charge on any atom is -0.378 e. The minimum absolute atomic E-state index is 0.0312. The van der Waals surface area contributed by atoms with Gasteiger partial charge >= 0.3 is 6.03 Å². The number of aliphatic hydroxyl groups is 1. The molecule has 2 fully saturated rings. The molecule has 1 aliphatic heterocycles. The first kappa shape index (κ1) is 39.0. The lowest BCUT2D eigenvalue weighted by Crippen LogP contribution is -2.61. The maximum absolute atomic E-state index is 13.9. The zero-order chi connectivity index (χ0) is 34.0. The highest BCUT2D eigenvalue weighted by Crippen LogP contribution is 2.39. The summed E-state index contributed by atoms with van der Waals surface area (Å²) in [6, 6.07) is -1.69. The summed E-state index contributed by atoms with van der Waals surface area (Å²) in [6.45, 7) is 18.0. The zero-order valence-electron chi connectivity index (χ0n) is 29.9. The Hall–Kier alpha value is -2.20. The standard InChI is InChI=1S/C35H65N5O5/c1-10-16-26(25(2)41)36-28(42)17-12-15-21-39(9)31(44)30(35(8)18-13-11-14-19-35)38-32(45)37-27(33(3,4)5)24-40-22-20-34(6,7)23-29(40)43/h26-27,29-30,43H,10-24H2,1-9H3,(H,36,42)(H2,37,38,45). The van der Waals surface area contributed by atoms with Gasteiger partial charge in [0.15, 0.2) is 5.78 Å². The Morgan fingerprint density at radius 1 is 0.978 bits per heavy atom. The number of hydrogen-bond donors (Lipinski definition) is 4. The van der Waals surface area contributed by atoms with Crippen LogP contribution in [0.3, 0.4) is 0 Å². The second kappa shape index (κ2) is 17.1. The van der Waals surface area contributed by atoms with Crippen molar-refractivity contribution >= 4 is 23.6 Å². The molecule has 0 bridgehead atoms. The smallest absolute Gasteiger partial charge is 0.315 e. The van der Waals surface area contributed by atoms with Crippen LogP contribution in [0.4, 0.5) is 4.79 Å². The summed E-state index contributed by atoms with van der Waals surface area (Å²) in [6.07, 6.45) is 9.03. The van der Waals surface area contributed by atoms with Crippen molar-refractivity contribution in [3.05, 3.63) is 0 Å². The minimum atomic E-state index is -0.668. The van der Waals surface area contributed by atoms with Crippen LogP contribution >= 0.6 is 0 Å². The van der Waals surface area contributed by atoms with Gasteiger partial charge in [0.25, 0.3) is 0 Å². The van der Waals surface area contributed by atoms with E-state index in [2.05, 4.69) is 62.4 Å². The van der Waals surface area contributed by atoms with Crippen molar-refractivity contribution < 1.29 is 24.3 Å². The Bertz CT molecular complexity index is 987. The van der Waals surface area contributed by atoms with E-state index in [0.717, 1.165) is 51.5 Å². The fraction of sp³-hybridized carbons (Fsp3) is 0.886. The zero-order valence-corrected chi connectivity index (χ0v) is 29.9. The predicted octanol–water partition coefficient (Wildman–Crippen LogP) is 4.98. The summed E-state index contributed by atoms with van der Waals surface area (Å²) in [5.41, 5.74) is -0.525. The van der Waals surface area contributed by atoms with Crippen LogP contribution in [-0.4, -0.2) is 89.6 Å². The number of hydrogen-bond acceptors (Lipinski definition) is 6. The average Bonchev–Trinajstić information content (AvgIpc) is 2.93. The number of carbonyl (C=O) groups excluding carboxylic acids is 4. The number of nitrogens with zero attached hydrogens (tertiary/aromatic N) is 2. The molecule has 0 radical (unpaired) electrons. The Morgan fingerprint density at radius 3 is 2.18 bits per heavy atom. The molecule has 4 N–H and O–H groups in total. The van der Waals surface area contributed by atoms with Gasteiger partial charge in [0, 0.05) is 39.1 Å². The third kappa shape index (κ3) is 12.5. The molecule has 1 aliphatic carbocycles. The number of rotatable bonds is 15. The van der Waals surface area contributed by atoms with Crippen molar-refractivity contribution in [1.29, 1.82) is 0 Å². The second-order valence-corrected chi connectivity index (χ2v) is 16.0. The molecule has 1 saturated heterocycles. The van der Waals surface area contributed by atoms with Gasteiger partial charge in [-0.2, -0.15) is 0 Å². The van der Waals surface area contributed by atoms with Gasteiger partial charge in [0.05, 0.1) is 6.04 Å². The molecule has 2 rings (SSSR count). The lowest BCUT2D eigenvalue weighted by molar-refractivity contribution is -0.135. The molecular weight excluding hydrogens is 570 g/mol. The van der Waals surface area contributed by atoms with Gasteiger partial charge < -0.3 is 26.0 Å². The van der Waals surface area contributed by atoms with Crippen molar-refractivity contribution in [3.63, 3.8) is 0 Å². The van der Waals surface area contributed by atoms with Gasteiger partial charge in [-0.15, -0.1) is 0 Å². The van der Waals surface area contributed by atoms with Crippen LogP contribution in [0.25, 0.3) is 0 Å². The van der Waals surface area contributed by atoms with Gasteiger partial charge in [0.1, 0.15) is 12.3 Å². The molecular formula is C35H65N5O5. The van der Waals surface area contributed by atoms with E-state index in [0.29, 0.717) is 45.2 Å². The van der Waals surface area contributed by atoms with E-state index >= 15 is 0 Å². The number of carbonyl (C=O) groups is 4. The highest BCUT2D eigenvalue weighted by atomic mass is 16.3. The van der Waals surface area contributed by atoms with E-state index in [9.17, 15) is 24.3 Å². The number of piperidine rings is 1. The first-order valence-corrected chi connectivity index (χ1v) is 17.4. The third-order valence-corrected chi connectivity index (χ3v) is 10.1. The van der Waals surface area contributed by atoms with Gasteiger partial charge in [-0.3, -0.25) is 19.3 Å². The Labute approximate surface area is 273 Å². The molecule has 4 unspecified atom stereocenters. The SMILES string of the molecule is CCCC(NC(=O)CCCCN(C)C(=O)C(NC(=O)NC(CN1CCC(C)(C)CC1O)C(C)(C)C)C1(C)CCCCC1)C(C)=O. The van der Waals surface area contributed by atoms with E-state index in [-0.39, 0.29) is 45.9 Å². The summed E-state index contributed by atoms with van der Waals surface area (Å²) in [4.78, 5) is 55.5. The first-order valence-electron chi connectivity index (χ1n) is 17.4. The summed E-state index contributed by atoms with van der Waals surface area (Å²) < 4.78 is 0. The van der Waals surface area contributed by atoms with Gasteiger partial charge in [-0.1, -0.05) is 74.1 Å². The van der Waals surface area contributed by atoms with Crippen LogP contribution < -0.4 is 16.0 Å². The number of ketones is 1. The summed E-state index contributed by atoms with van der Waals surface area (Å²) >= 11 is 0. The van der Waals surface area contributed by atoms with E-state index in [1.54, 1.807) is 11.9 Å². The van der Waals surface area contributed by atoms with Crippen molar-refractivity contribution in [2.45, 2.75) is 157 Å². The predicted molar refractivity (Wildman–Crippen MR) is 179 cm³/mol. The molecule has 4 atom stereocenters. The molecule has 2 aliphatic rings. The van der Waals surface area contributed by atoms with E-state index in [1.165, 1.54) is 6.92 Å². The maximum atomic E-state index is 13.9. The normalized spacial score (nSPS) is 22.0. The average molecular weight is 636 g/mol. The molecule has 260 valence electrons. The Kier molecular flexibility index (Phi) is 14.8. The van der Waals surface area contributed by atoms with Crippen LogP contribution in [-0.2, 0) is 14.4 Å². The number of likely N-dealkylation sites (tertiary alicyclic amines) is 1. The number of Topliss-reactive ketones (excluding diaryl/α,β-unsaturated/α-hetero) is 1. The molecule has 0 spiro atoms. The van der Waals surface area contributed by atoms with Crippen molar-refractivity contribution in [1.82, 2.24) is 25.8 Å². The van der Waals surface area contributed by atoms with Crippen molar-refractivity contribution in [3.8, 4) is 0 Å². The lowest BCUT2D eigenvalue weighted by Gasteiger charge is -2.44. The highest BCUT2D eigenvalue weighted by Gasteiger charge is 2.43. The number of likely N-dealkylation sites (N-methyl/N-ethyl adjacent to an activating group) is 1. The monoisotopic (exact) mass is 635 g/mol. The highest BCUT2D eigenvalue weighted by molar-refractivity contribution is 5.88. The van der Waals surface area contributed by atoms with Gasteiger partial charge in [-0.05, 0) is 68.1 Å². The van der Waals surface area contributed by atoms with Crippen LogP contribution in [0.5, 0.6) is 0 Å². The molecule has 0 aromatic rings. The summed E-state index contributed by atoms with van der Waals surface area (Å²) in [5, 5.41) is 20.0. The lowest BCUT2D eigenvalue weighted by atomic mass is 9.70. The van der Waals surface area contributed by atoms with E-state index in [1.807, 2.05) is 6.92 Å². The molecule has 45 heavy (non-hydrogen) atoms. The number of nitrogens with one attached hydrogen (secondary N) is 3. The summed E-state index contributed by atoms with van der Waals surface area (Å²) in [7, 11) is 1.77.